The van der Waals surface area contributed by atoms with E-state index in [2.05, 4.69) is 16.0 Å². The second kappa shape index (κ2) is 8.09. The van der Waals surface area contributed by atoms with Crippen LogP contribution >= 0.6 is 22.7 Å². The first-order valence-corrected chi connectivity index (χ1v) is 11.5. The van der Waals surface area contributed by atoms with Crippen LogP contribution in [0.5, 0.6) is 0 Å². The number of benzene rings is 2. The van der Waals surface area contributed by atoms with E-state index in [1.807, 2.05) is 35.2 Å². The van der Waals surface area contributed by atoms with Crippen LogP contribution in [-0.2, 0) is 0 Å². The van der Waals surface area contributed by atoms with E-state index in [9.17, 15) is 14.9 Å². The fraction of sp³-hybridized carbons (Fsp3) is 0.182. The van der Waals surface area contributed by atoms with Gasteiger partial charge in [-0.05, 0) is 36.4 Å². The SMILES string of the molecule is O=C(c1ccc(-c2nc3ccccc3s2)s1)N1CCN(c2ccc([N+](=O)[O-])cc2)CC1. The number of hydrogen-bond donors (Lipinski definition) is 0. The molecule has 0 atom stereocenters. The number of carbonyl (C=O) groups excluding carboxylic acids is 1. The maximum atomic E-state index is 13.0. The number of nitro groups is 1. The van der Waals surface area contributed by atoms with Gasteiger partial charge in [-0.1, -0.05) is 12.1 Å². The number of rotatable bonds is 4. The summed E-state index contributed by atoms with van der Waals surface area (Å²) >= 11 is 3.12. The Morgan fingerprint density at radius 2 is 1.68 bits per heavy atom. The fourth-order valence-electron chi connectivity index (χ4n) is 3.65. The summed E-state index contributed by atoms with van der Waals surface area (Å²) in [4.78, 5) is 33.9. The molecule has 0 bridgehead atoms. The molecule has 0 aliphatic carbocycles. The highest BCUT2D eigenvalue weighted by atomic mass is 32.1. The summed E-state index contributed by atoms with van der Waals surface area (Å²) < 4.78 is 1.14. The maximum absolute atomic E-state index is 13.0. The molecule has 2 aromatic heterocycles. The van der Waals surface area contributed by atoms with Crippen LogP contribution in [0.3, 0.4) is 0 Å². The number of para-hydroxylation sites is 1. The summed E-state index contributed by atoms with van der Waals surface area (Å²) in [5.74, 6) is 0.0423. The molecular weight excluding hydrogens is 432 g/mol. The predicted molar refractivity (Wildman–Crippen MR) is 124 cm³/mol. The lowest BCUT2D eigenvalue weighted by molar-refractivity contribution is -0.384. The maximum Gasteiger partial charge on any atom is 0.269 e. The van der Waals surface area contributed by atoms with E-state index in [1.165, 1.54) is 23.5 Å². The normalized spacial score (nSPS) is 14.2. The Labute approximate surface area is 186 Å². The van der Waals surface area contributed by atoms with Gasteiger partial charge >= 0.3 is 0 Å². The van der Waals surface area contributed by atoms with Gasteiger partial charge in [-0.2, -0.15) is 0 Å². The van der Waals surface area contributed by atoms with E-state index in [4.69, 9.17) is 0 Å². The van der Waals surface area contributed by atoms with E-state index in [1.54, 1.807) is 23.5 Å². The molecular formula is C22H18N4O3S2. The lowest BCUT2D eigenvalue weighted by Gasteiger charge is -2.35. The summed E-state index contributed by atoms with van der Waals surface area (Å²) in [6.45, 7) is 2.62. The van der Waals surface area contributed by atoms with Crippen molar-refractivity contribution in [1.82, 2.24) is 9.88 Å². The van der Waals surface area contributed by atoms with Crippen molar-refractivity contribution in [3.63, 3.8) is 0 Å². The van der Waals surface area contributed by atoms with Crippen molar-refractivity contribution in [3.05, 3.63) is 75.7 Å². The molecule has 0 N–H and O–H groups in total. The highest BCUT2D eigenvalue weighted by molar-refractivity contribution is 7.26. The van der Waals surface area contributed by atoms with Gasteiger partial charge in [0.05, 0.1) is 24.9 Å². The fourth-order valence-corrected chi connectivity index (χ4v) is 5.65. The number of nitro benzene ring substituents is 1. The summed E-state index contributed by atoms with van der Waals surface area (Å²) in [5.41, 5.74) is 2.00. The summed E-state index contributed by atoms with van der Waals surface area (Å²) in [7, 11) is 0. The molecule has 1 amide bonds. The summed E-state index contributed by atoms with van der Waals surface area (Å²) in [6, 6.07) is 18.5. The van der Waals surface area contributed by atoms with E-state index in [0.29, 0.717) is 26.2 Å². The number of aromatic nitrogens is 1. The highest BCUT2D eigenvalue weighted by Crippen LogP contribution is 2.35. The molecule has 5 rings (SSSR count). The second-order valence-electron chi connectivity index (χ2n) is 7.20. The van der Waals surface area contributed by atoms with Gasteiger partial charge in [-0.3, -0.25) is 14.9 Å². The average Bonchev–Trinajstić information content (AvgIpc) is 3.46. The Balaban J connectivity index is 1.25. The zero-order chi connectivity index (χ0) is 21.4. The van der Waals surface area contributed by atoms with Crippen molar-refractivity contribution in [2.45, 2.75) is 0 Å². The molecule has 31 heavy (non-hydrogen) atoms. The topological polar surface area (TPSA) is 79.6 Å². The third-order valence-electron chi connectivity index (χ3n) is 5.31. The van der Waals surface area contributed by atoms with Crippen LogP contribution in [0.1, 0.15) is 9.67 Å². The van der Waals surface area contributed by atoms with E-state index < -0.39 is 4.92 Å². The second-order valence-corrected chi connectivity index (χ2v) is 9.32. The molecule has 1 saturated heterocycles. The number of fused-ring (bicyclic) bond motifs is 1. The number of anilines is 1. The first-order chi connectivity index (χ1) is 15.1. The molecule has 0 unspecified atom stereocenters. The summed E-state index contributed by atoms with van der Waals surface area (Å²) in [6.07, 6.45) is 0. The number of carbonyl (C=O) groups is 1. The van der Waals surface area contributed by atoms with Crippen LogP contribution in [0.25, 0.3) is 20.1 Å². The van der Waals surface area contributed by atoms with Crippen molar-refractivity contribution in [2.75, 3.05) is 31.1 Å². The van der Waals surface area contributed by atoms with Gasteiger partial charge in [0, 0.05) is 44.0 Å². The predicted octanol–water partition coefficient (Wildman–Crippen LogP) is 4.90. The van der Waals surface area contributed by atoms with Crippen LogP contribution in [0.15, 0.2) is 60.7 Å². The molecule has 7 nitrogen and oxygen atoms in total. The zero-order valence-electron chi connectivity index (χ0n) is 16.4. The monoisotopic (exact) mass is 450 g/mol. The van der Waals surface area contributed by atoms with Gasteiger partial charge in [-0.25, -0.2) is 4.98 Å². The van der Waals surface area contributed by atoms with Crippen molar-refractivity contribution in [3.8, 4) is 9.88 Å². The molecule has 156 valence electrons. The Morgan fingerprint density at radius 3 is 2.39 bits per heavy atom. The third-order valence-corrected chi connectivity index (χ3v) is 7.59. The minimum Gasteiger partial charge on any atom is -0.368 e. The quantitative estimate of drug-likeness (QED) is 0.327. The van der Waals surface area contributed by atoms with Crippen LogP contribution in [-0.4, -0.2) is 46.9 Å². The number of hydrogen-bond acceptors (Lipinski definition) is 7. The largest absolute Gasteiger partial charge is 0.368 e. The molecule has 1 aliphatic heterocycles. The van der Waals surface area contributed by atoms with Crippen LogP contribution in [0.2, 0.25) is 0 Å². The average molecular weight is 451 g/mol. The van der Waals surface area contributed by atoms with Crippen LogP contribution in [0.4, 0.5) is 11.4 Å². The standard InChI is InChI=1S/C22H18N4O3S2/c27-22(20-10-9-19(30-20)21-23-17-3-1-2-4-18(17)31-21)25-13-11-24(12-14-25)15-5-7-16(8-6-15)26(28)29/h1-10H,11-14H2. The number of amides is 1. The molecule has 0 spiro atoms. The molecule has 1 aliphatic rings. The Bertz CT molecular complexity index is 1220. The van der Waals surface area contributed by atoms with Crippen LogP contribution in [0, 0.1) is 10.1 Å². The first-order valence-electron chi connectivity index (χ1n) is 9.83. The van der Waals surface area contributed by atoms with Crippen molar-refractivity contribution >= 4 is 50.2 Å². The molecule has 2 aromatic carbocycles. The van der Waals surface area contributed by atoms with Gasteiger partial charge in [0.2, 0.25) is 0 Å². The van der Waals surface area contributed by atoms with E-state index in [0.717, 1.165) is 30.7 Å². The minimum atomic E-state index is -0.399. The van der Waals surface area contributed by atoms with Crippen molar-refractivity contribution in [2.24, 2.45) is 0 Å². The number of thiophene rings is 1. The van der Waals surface area contributed by atoms with Gasteiger partial charge in [0.1, 0.15) is 5.01 Å². The molecule has 0 saturated carbocycles. The molecule has 1 fully saturated rings. The van der Waals surface area contributed by atoms with Crippen molar-refractivity contribution < 1.29 is 9.72 Å². The summed E-state index contributed by atoms with van der Waals surface area (Å²) in [5, 5.41) is 11.8. The first kappa shape index (κ1) is 19.7. The van der Waals surface area contributed by atoms with Crippen LogP contribution < -0.4 is 4.90 Å². The van der Waals surface area contributed by atoms with Gasteiger partial charge in [-0.15, -0.1) is 22.7 Å². The van der Waals surface area contributed by atoms with Gasteiger partial charge in [0.25, 0.3) is 11.6 Å². The Kier molecular flexibility index (Phi) is 5.13. The Morgan fingerprint density at radius 1 is 0.935 bits per heavy atom. The minimum absolute atomic E-state index is 0.0423. The highest BCUT2D eigenvalue weighted by Gasteiger charge is 2.24. The Hall–Kier alpha value is -3.30. The third kappa shape index (κ3) is 3.89. The molecule has 9 heteroatoms. The molecule has 3 heterocycles. The van der Waals surface area contributed by atoms with Crippen molar-refractivity contribution in [1.29, 1.82) is 0 Å². The lowest BCUT2D eigenvalue weighted by atomic mass is 10.2. The molecule has 0 radical (unpaired) electrons. The number of nitrogens with zero attached hydrogens (tertiary/aromatic N) is 4. The zero-order valence-corrected chi connectivity index (χ0v) is 18.1. The van der Waals surface area contributed by atoms with E-state index >= 15 is 0 Å². The van der Waals surface area contributed by atoms with Gasteiger partial charge in [0.15, 0.2) is 0 Å². The molecule has 4 aromatic rings. The number of non-ortho nitro benzene ring substituents is 1. The number of piperazine rings is 1. The smallest absolute Gasteiger partial charge is 0.269 e. The van der Waals surface area contributed by atoms with Gasteiger partial charge < -0.3 is 9.80 Å². The van der Waals surface area contributed by atoms with E-state index in [-0.39, 0.29) is 11.6 Å². The number of thiazole rings is 1. The lowest BCUT2D eigenvalue weighted by Crippen LogP contribution is -2.48.